The van der Waals surface area contributed by atoms with Crippen molar-refractivity contribution in [2.75, 3.05) is 13.2 Å². The molecule has 94 valence electrons. The summed E-state index contributed by atoms with van der Waals surface area (Å²) in [4.78, 5) is 21.7. The van der Waals surface area contributed by atoms with Gasteiger partial charge in [0, 0.05) is 6.07 Å². The molecule has 0 aliphatic carbocycles. The van der Waals surface area contributed by atoms with Crippen molar-refractivity contribution in [3.05, 3.63) is 29.6 Å². The van der Waals surface area contributed by atoms with Gasteiger partial charge in [-0.3, -0.25) is 4.79 Å². The van der Waals surface area contributed by atoms with Gasteiger partial charge in [-0.15, -0.1) is 6.42 Å². The largest absolute Gasteiger partial charge is 0.484 e. The molecule has 0 saturated heterocycles. The summed E-state index contributed by atoms with van der Waals surface area (Å²) >= 11 is 0. The van der Waals surface area contributed by atoms with Gasteiger partial charge in [0.05, 0.1) is 12.1 Å². The predicted molar refractivity (Wildman–Crippen MR) is 60.7 cm³/mol. The first-order valence-electron chi connectivity index (χ1n) is 4.90. The molecule has 6 heteroatoms. The molecule has 1 amide bonds. The highest BCUT2D eigenvalue weighted by molar-refractivity contribution is 5.88. The standard InChI is InChI=1S/C12H10FNO4/c1-2-5-14-11(15)7-18-8-3-4-9(12(16)17)10(13)6-8/h1,3-4,6H,5,7H2,(H,14,15)(H,16,17). The van der Waals surface area contributed by atoms with Gasteiger partial charge in [0.1, 0.15) is 11.6 Å². The topological polar surface area (TPSA) is 75.6 Å². The minimum atomic E-state index is -1.37. The van der Waals surface area contributed by atoms with E-state index in [0.717, 1.165) is 12.1 Å². The highest BCUT2D eigenvalue weighted by atomic mass is 19.1. The summed E-state index contributed by atoms with van der Waals surface area (Å²) in [5, 5.41) is 11.0. The predicted octanol–water partition coefficient (Wildman–Crippen LogP) is 0.652. The molecule has 5 nitrogen and oxygen atoms in total. The number of nitrogens with one attached hydrogen (secondary N) is 1. The van der Waals surface area contributed by atoms with Crippen molar-refractivity contribution in [3.63, 3.8) is 0 Å². The highest BCUT2D eigenvalue weighted by Crippen LogP contribution is 2.16. The zero-order valence-corrected chi connectivity index (χ0v) is 9.27. The fourth-order valence-corrected chi connectivity index (χ4v) is 1.11. The van der Waals surface area contributed by atoms with Gasteiger partial charge in [0.2, 0.25) is 0 Å². The number of hydrogen-bond donors (Lipinski definition) is 2. The number of carboxylic acid groups (broad SMARTS) is 1. The van der Waals surface area contributed by atoms with Crippen LogP contribution in [-0.4, -0.2) is 30.1 Å². The van der Waals surface area contributed by atoms with E-state index in [1.165, 1.54) is 6.07 Å². The Morgan fingerprint density at radius 1 is 1.50 bits per heavy atom. The number of carbonyl (C=O) groups excluding carboxylic acids is 1. The Kier molecular flexibility index (Phi) is 4.69. The van der Waals surface area contributed by atoms with Crippen molar-refractivity contribution in [2.45, 2.75) is 0 Å². The second-order valence-corrected chi connectivity index (χ2v) is 3.22. The van der Waals surface area contributed by atoms with E-state index in [0.29, 0.717) is 0 Å². The molecule has 1 rings (SSSR count). The van der Waals surface area contributed by atoms with Gasteiger partial charge < -0.3 is 15.2 Å². The SMILES string of the molecule is C#CCNC(=O)COc1ccc(C(=O)O)c(F)c1. The molecule has 0 unspecified atom stereocenters. The van der Waals surface area contributed by atoms with Gasteiger partial charge in [-0.05, 0) is 12.1 Å². The maximum Gasteiger partial charge on any atom is 0.338 e. The highest BCUT2D eigenvalue weighted by Gasteiger charge is 2.11. The number of amides is 1. The van der Waals surface area contributed by atoms with Gasteiger partial charge in [-0.1, -0.05) is 5.92 Å². The van der Waals surface area contributed by atoms with Crippen molar-refractivity contribution in [2.24, 2.45) is 0 Å². The van der Waals surface area contributed by atoms with Crippen LogP contribution in [0.2, 0.25) is 0 Å². The quantitative estimate of drug-likeness (QED) is 0.753. The Morgan fingerprint density at radius 2 is 2.22 bits per heavy atom. The average molecular weight is 251 g/mol. The maximum absolute atomic E-state index is 13.2. The molecule has 0 bridgehead atoms. The number of terminal acetylenes is 1. The number of halogens is 1. The number of ether oxygens (including phenoxy) is 1. The van der Waals surface area contributed by atoms with E-state index in [2.05, 4.69) is 11.2 Å². The number of aromatic carboxylic acids is 1. The van der Waals surface area contributed by atoms with E-state index in [1.807, 2.05) is 0 Å². The first kappa shape index (κ1) is 13.5. The normalized spacial score (nSPS) is 9.33. The molecular formula is C12H10FNO4. The lowest BCUT2D eigenvalue weighted by atomic mass is 10.2. The Labute approximate surface area is 103 Å². The second kappa shape index (κ2) is 6.25. The first-order chi connectivity index (χ1) is 8.54. The van der Waals surface area contributed by atoms with Crippen LogP contribution in [0.1, 0.15) is 10.4 Å². The summed E-state index contributed by atoms with van der Waals surface area (Å²) in [7, 11) is 0. The Bertz CT molecular complexity index is 507. The van der Waals surface area contributed by atoms with Gasteiger partial charge in [0.25, 0.3) is 5.91 Å². The molecule has 18 heavy (non-hydrogen) atoms. The lowest BCUT2D eigenvalue weighted by Gasteiger charge is -2.06. The van der Waals surface area contributed by atoms with E-state index in [1.54, 1.807) is 0 Å². The van der Waals surface area contributed by atoms with Crippen molar-refractivity contribution >= 4 is 11.9 Å². The lowest BCUT2D eigenvalue weighted by molar-refractivity contribution is -0.122. The van der Waals surface area contributed by atoms with Crippen LogP contribution in [0.5, 0.6) is 5.75 Å². The number of rotatable bonds is 5. The van der Waals surface area contributed by atoms with Crippen molar-refractivity contribution in [1.29, 1.82) is 0 Å². The molecule has 1 aromatic carbocycles. The minimum absolute atomic E-state index is 0.0633. The maximum atomic E-state index is 13.2. The number of carbonyl (C=O) groups is 2. The Hall–Kier alpha value is -2.55. The molecular weight excluding hydrogens is 241 g/mol. The summed E-state index contributed by atoms with van der Waals surface area (Å²) in [6.45, 7) is -0.248. The lowest BCUT2D eigenvalue weighted by Crippen LogP contribution is -2.29. The minimum Gasteiger partial charge on any atom is -0.484 e. The summed E-state index contributed by atoms with van der Waals surface area (Å²) in [5.41, 5.74) is -0.459. The van der Waals surface area contributed by atoms with Crippen molar-refractivity contribution < 1.29 is 23.8 Å². The van der Waals surface area contributed by atoms with E-state index in [9.17, 15) is 14.0 Å². The van der Waals surface area contributed by atoms with E-state index in [-0.39, 0.29) is 18.9 Å². The number of carboxylic acids is 1. The average Bonchev–Trinajstić information content (AvgIpc) is 2.33. The van der Waals surface area contributed by atoms with E-state index < -0.39 is 23.3 Å². The van der Waals surface area contributed by atoms with Crippen molar-refractivity contribution in [1.82, 2.24) is 5.32 Å². The van der Waals surface area contributed by atoms with Crippen LogP contribution in [0.4, 0.5) is 4.39 Å². The second-order valence-electron chi connectivity index (χ2n) is 3.22. The molecule has 0 spiro atoms. The molecule has 0 saturated carbocycles. The van der Waals surface area contributed by atoms with Gasteiger partial charge in [-0.2, -0.15) is 0 Å². The van der Waals surface area contributed by atoms with Gasteiger partial charge in [-0.25, -0.2) is 9.18 Å². The molecule has 0 aromatic heterocycles. The van der Waals surface area contributed by atoms with Crippen LogP contribution >= 0.6 is 0 Å². The van der Waals surface area contributed by atoms with Crippen molar-refractivity contribution in [3.8, 4) is 18.1 Å². The van der Waals surface area contributed by atoms with Crippen LogP contribution in [-0.2, 0) is 4.79 Å². The third-order valence-corrected chi connectivity index (χ3v) is 1.93. The van der Waals surface area contributed by atoms with Crippen LogP contribution in [0, 0.1) is 18.2 Å². The van der Waals surface area contributed by atoms with Gasteiger partial charge >= 0.3 is 5.97 Å². The van der Waals surface area contributed by atoms with Crippen LogP contribution in [0.25, 0.3) is 0 Å². The molecule has 0 radical (unpaired) electrons. The zero-order chi connectivity index (χ0) is 13.5. The molecule has 1 aromatic rings. The fourth-order valence-electron chi connectivity index (χ4n) is 1.11. The Morgan fingerprint density at radius 3 is 2.78 bits per heavy atom. The smallest absolute Gasteiger partial charge is 0.338 e. The van der Waals surface area contributed by atoms with Crippen LogP contribution in [0.15, 0.2) is 18.2 Å². The summed E-state index contributed by atoms with van der Waals surface area (Å²) in [5.74, 6) is -0.469. The molecule has 0 aliphatic heterocycles. The summed E-state index contributed by atoms with van der Waals surface area (Å²) < 4.78 is 18.2. The Balaban J connectivity index is 2.59. The summed E-state index contributed by atoms with van der Waals surface area (Å²) in [6, 6.07) is 3.23. The third kappa shape index (κ3) is 3.79. The number of hydrogen-bond acceptors (Lipinski definition) is 3. The fraction of sp³-hybridized carbons (Fsp3) is 0.167. The monoisotopic (exact) mass is 251 g/mol. The van der Waals surface area contributed by atoms with Crippen LogP contribution < -0.4 is 10.1 Å². The summed E-state index contributed by atoms with van der Waals surface area (Å²) in [6.07, 6.45) is 4.94. The molecule has 0 heterocycles. The molecule has 0 aliphatic rings. The van der Waals surface area contributed by atoms with E-state index >= 15 is 0 Å². The molecule has 2 N–H and O–H groups in total. The zero-order valence-electron chi connectivity index (χ0n) is 9.27. The van der Waals surface area contributed by atoms with Crippen LogP contribution in [0.3, 0.4) is 0 Å². The van der Waals surface area contributed by atoms with Gasteiger partial charge in [0.15, 0.2) is 6.61 Å². The molecule has 0 atom stereocenters. The van der Waals surface area contributed by atoms with E-state index in [4.69, 9.17) is 16.3 Å². The third-order valence-electron chi connectivity index (χ3n) is 1.93. The first-order valence-corrected chi connectivity index (χ1v) is 4.90. The number of benzene rings is 1. The molecule has 0 fully saturated rings.